The second kappa shape index (κ2) is 9.78. The molecule has 0 saturated heterocycles. The van der Waals surface area contributed by atoms with Crippen LogP contribution in [0, 0.1) is 5.92 Å². The summed E-state index contributed by atoms with van der Waals surface area (Å²) in [5.74, 6) is -0.256. The van der Waals surface area contributed by atoms with Crippen LogP contribution in [0.3, 0.4) is 0 Å². The van der Waals surface area contributed by atoms with Crippen molar-refractivity contribution in [3.63, 3.8) is 0 Å². The van der Waals surface area contributed by atoms with Crippen molar-refractivity contribution in [2.75, 3.05) is 0 Å². The third kappa shape index (κ3) is 6.80. The topological polar surface area (TPSA) is 52.6 Å². The van der Waals surface area contributed by atoms with Gasteiger partial charge in [-0.05, 0) is 30.9 Å². The minimum atomic E-state index is -0.460. The standard InChI is InChI=1S/C17H22Cl2O4/c1-4-13(11(2)3)22-15(20)9-6-10-16(21)23-14-8-5-7-12(18)17(14)19/h5,7-8,11,13H,4,6,9-10H2,1-3H3. The molecule has 0 amide bonds. The van der Waals surface area contributed by atoms with Crippen LogP contribution in [-0.2, 0) is 14.3 Å². The Morgan fingerprint density at radius 3 is 2.39 bits per heavy atom. The van der Waals surface area contributed by atoms with Gasteiger partial charge in [-0.3, -0.25) is 9.59 Å². The maximum Gasteiger partial charge on any atom is 0.311 e. The Labute approximate surface area is 147 Å². The van der Waals surface area contributed by atoms with Crippen molar-refractivity contribution in [2.24, 2.45) is 5.92 Å². The molecule has 0 aliphatic carbocycles. The predicted molar refractivity (Wildman–Crippen MR) is 91.0 cm³/mol. The van der Waals surface area contributed by atoms with Crippen molar-refractivity contribution >= 4 is 35.1 Å². The highest BCUT2D eigenvalue weighted by Crippen LogP contribution is 2.31. The van der Waals surface area contributed by atoms with E-state index in [1.54, 1.807) is 18.2 Å². The molecule has 4 nitrogen and oxygen atoms in total. The highest BCUT2D eigenvalue weighted by Gasteiger charge is 2.17. The Morgan fingerprint density at radius 2 is 1.78 bits per heavy atom. The zero-order valence-electron chi connectivity index (χ0n) is 13.6. The molecular formula is C17H22Cl2O4. The van der Waals surface area contributed by atoms with Gasteiger partial charge in [-0.1, -0.05) is 50.0 Å². The van der Waals surface area contributed by atoms with Gasteiger partial charge in [0.2, 0.25) is 0 Å². The lowest BCUT2D eigenvalue weighted by Crippen LogP contribution is -2.22. The summed E-state index contributed by atoms with van der Waals surface area (Å²) < 4.78 is 10.5. The van der Waals surface area contributed by atoms with Crippen LogP contribution in [0.25, 0.3) is 0 Å². The monoisotopic (exact) mass is 360 g/mol. The fourth-order valence-electron chi connectivity index (χ4n) is 2.03. The largest absolute Gasteiger partial charge is 0.462 e. The molecule has 0 radical (unpaired) electrons. The minimum absolute atomic E-state index is 0.0836. The first-order valence-corrected chi connectivity index (χ1v) is 8.44. The van der Waals surface area contributed by atoms with Crippen LogP contribution in [0.5, 0.6) is 5.75 Å². The van der Waals surface area contributed by atoms with Crippen molar-refractivity contribution in [1.82, 2.24) is 0 Å². The molecule has 0 aliphatic rings. The molecule has 128 valence electrons. The first-order chi connectivity index (χ1) is 10.8. The summed E-state index contributed by atoms with van der Waals surface area (Å²) in [5.41, 5.74) is 0. The number of benzene rings is 1. The lowest BCUT2D eigenvalue weighted by Gasteiger charge is -2.19. The van der Waals surface area contributed by atoms with Gasteiger partial charge in [0.1, 0.15) is 11.1 Å². The summed E-state index contributed by atoms with van der Waals surface area (Å²) in [6, 6.07) is 4.82. The average Bonchev–Trinajstić information content (AvgIpc) is 2.49. The van der Waals surface area contributed by atoms with E-state index < -0.39 is 5.97 Å². The molecule has 0 bridgehead atoms. The van der Waals surface area contributed by atoms with Crippen molar-refractivity contribution in [3.05, 3.63) is 28.2 Å². The number of hydrogen-bond acceptors (Lipinski definition) is 4. The third-order valence-electron chi connectivity index (χ3n) is 3.33. The van der Waals surface area contributed by atoms with Gasteiger partial charge in [0.05, 0.1) is 5.02 Å². The molecule has 1 rings (SSSR count). The van der Waals surface area contributed by atoms with Gasteiger partial charge in [0.15, 0.2) is 5.75 Å². The van der Waals surface area contributed by atoms with E-state index in [-0.39, 0.29) is 41.6 Å². The van der Waals surface area contributed by atoms with Gasteiger partial charge in [0.25, 0.3) is 0 Å². The minimum Gasteiger partial charge on any atom is -0.462 e. The molecule has 0 aliphatic heterocycles. The predicted octanol–water partition coefficient (Wildman–Crippen LogP) is 5.05. The van der Waals surface area contributed by atoms with E-state index in [0.29, 0.717) is 11.4 Å². The Bertz CT molecular complexity index is 543. The second-order valence-corrected chi connectivity index (χ2v) is 6.35. The summed E-state index contributed by atoms with van der Waals surface area (Å²) in [7, 11) is 0. The van der Waals surface area contributed by atoms with Crippen LogP contribution in [0.15, 0.2) is 18.2 Å². The Balaban J connectivity index is 2.36. The van der Waals surface area contributed by atoms with Gasteiger partial charge >= 0.3 is 11.9 Å². The SMILES string of the molecule is CCC(OC(=O)CCCC(=O)Oc1cccc(Cl)c1Cl)C(C)C. The molecule has 0 saturated carbocycles. The fraction of sp³-hybridized carbons (Fsp3) is 0.529. The van der Waals surface area contributed by atoms with Crippen LogP contribution in [0.4, 0.5) is 0 Å². The van der Waals surface area contributed by atoms with E-state index in [1.165, 1.54) is 0 Å². The summed E-state index contributed by atoms with van der Waals surface area (Å²) in [6.45, 7) is 5.99. The van der Waals surface area contributed by atoms with Gasteiger partial charge in [-0.15, -0.1) is 0 Å². The molecule has 1 atom stereocenters. The van der Waals surface area contributed by atoms with Gasteiger partial charge in [0, 0.05) is 12.8 Å². The van der Waals surface area contributed by atoms with Crippen molar-refractivity contribution in [1.29, 1.82) is 0 Å². The quantitative estimate of drug-likeness (QED) is 0.480. The van der Waals surface area contributed by atoms with Crippen molar-refractivity contribution in [2.45, 2.75) is 52.6 Å². The summed E-state index contributed by atoms with van der Waals surface area (Å²) >= 11 is 11.8. The van der Waals surface area contributed by atoms with Crippen molar-refractivity contribution < 1.29 is 19.1 Å². The maximum atomic E-state index is 11.8. The van der Waals surface area contributed by atoms with E-state index in [4.69, 9.17) is 32.7 Å². The third-order valence-corrected chi connectivity index (χ3v) is 4.13. The number of esters is 2. The van der Waals surface area contributed by atoms with Gasteiger partial charge in [-0.25, -0.2) is 0 Å². The molecule has 23 heavy (non-hydrogen) atoms. The molecule has 0 aromatic heterocycles. The van der Waals surface area contributed by atoms with Crippen LogP contribution in [-0.4, -0.2) is 18.0 Å². The van der Waals surface area contributed by atoms with E-state index in [9.17, 15) is 9.59 Å². The average molecular weight is 361 g/mol. The molecule has 0 fully saturated rings. The Kier molecular flexibility index (Phi) is 8.42. The highest BCUT2D eigenvalue weighted by atomic mass is 35.5. The van der Waals surface area contributed by atoms with Crippen LogP contribution in [0.2, 0.25) is 10.0 Å². The number of hydrogen-bond donors (Lipinski definition) is 0. The van der Waals surface area contributed by atoms with Crippen LogP contribution >= 0.6 is 23.2 Å². The zero-order valence-corrected chi connectivity index (χ0v) is 15.1. The first kappa shape index (κ1) is 19.8. The maximum absolute atomic E-state index is 11.8. The van der Waals surface area contributed by atoms with E-state index >= 15 is 0 Å². The Morgan fingerprint density at radius 1 is 1.13 bits per heavy atom. The molecule has 0 spiro atoms. The number of carbonyl (C=O) groups is 2. The normalized spacial score (nSPS) is 12.1. The number of halogens is 2. The van der Waals surface area contributed by atoms with Crippen LogP contribution < -0.4 is 4.74 Å². The molecule has 1 unspecified atom stereocenters. The zero-order chi connectivity index (χ0) is 17.4. The molecule has 1 aromatic carbocycles. The Hall–Kier alpha value is -1.26. The molecule has 6 heteroatoms. The van der Waals surface area contributed by atoms with Gasteiger partial charge < -0.3 is 9.47 Å². The van der Waals surface area contributed by atoms with Crippen LogP contribution in [0.1, 0.15) is 46.5 Å². The summed E-state index contributed by atoms with van der Waals surface area (Å²) in [5, 5.41) is 0.518. The lowest BCUT2D eigenvalue weighted by atomic mass is 10.1. The van der Waals surface area contributed by atoms with Crippen molar-refractivity contribution in [3.8, 4) is 5.75 Å². The van der Waals surface area contributed by atoms with E-state index in [2.05, 4.69) is 0 Å². The first-order valence-electron chi connectivity index (χ1n) is 7.69. The van der Waals surface area contributed by atoms with Gasteiger partial charge in [-0.2, -0.15) is 0 Å². The second-order valence-electron chi connectivity index (χ2n) is 5.56. The molecule has 1 aromatic rings. The summed E-state index contributed by atoms with van der Waals surface area (Å²) in [6.07, 6.45) is 1.35. The van der Waals surface area contributed by atoms with E-state index in [1.807, 2.05) is 20.8 Å². The fourth-order valence-corrected chi connectivity index (χ4v) is 2.36. The number of carbonyl (C=O) groups excluding carboxylic acids is 2. The number of ether oxygens (including phenoxy) is 2. The highest BCUT2D eigenvalue weighted by molar-refractivity contribution is 6.43. The smallest absolute Gasteiger partial charge is 0.311 e. The molecular weight excluding hydrogens is 339 g/mol. The van der Waals surface area contributed by atoms with E-state index in [0.717, 1.165) is 6.42 Å². The molecule has 0 heterocycles. The number of rotatable bonds is 8. The molecule has 0 N–H and O–H groups in total. The summed E-state index contributed by atoms with van der Waals surface area (Å²) in [4.78, 5) is 23.5. The lowest BCUT2D eigenvalue weighted by molar-refractivity contribution is -0.151.